The normalized spacial score (nSPS) is 19.6. The zero-order valence-electron chi connectivity index (χ0n) is 21.5. The summed E-state index contributed by atoms with van der Waals surface area (Å²) in [5.41, 5.74) is 6.81. The maximum Gasteiger partial charge on any atom is 0.254 e. The Bertz CT molecular complexity index is 1130. The number of piperidine rings is 1. The summed E-state index contributed by atoms with van der Waals surface area (Å²) in [5, 5.41) is 14.4. The third-order valence-corrected chi connectivity index (χ3v) is 7.94. The summed E-state index contributed by atoms with van der Waals surface area (Å²) in [6.07, 6.45) is 3.05. The molecule has 36 heavy (non-hydrogen) atoms. The lowest BCUT2D eigenvalue weighted by Gasteiger charge is -2.34. The molecular weight excluding hydrogens is 452 g/mol. The number of fused-ring (bicyclic) bond motifs is 2. The molecule has 7 heteroatoms. The zero-order chi connectivity index (χ0) is 25.2. The van der Waals surface area contributed by atoms with Crippen LogP contribution in [0.5, 0.6) is 0 Å². The van der Waals surface area contributed by atoms with Crippen LogP contribution < -0.4 is 5.32 Å². The number of carbonyl (C=O) groups is 2. The van der Waals surface area contributed by atoms with Gasteiger partial charge in [-0.2, -0.15) is 0 Å². The van der Waals surface area contributed by atoms with Gasteiger partial charge in [0, 0.05) is 70.0 Å². The van der Waals surface area contributed by atoms with Crippen molar-refractivity contribution < 1.29 is 14.7 Å². The van der Waals surface area contributed by atoms with Gasteiger partial charge in [-0.15, -0.1) is 0 Å². The molecule has 0 radical (unpaired) electrons. The molecule has 7 nitrogen and oxygen atoms in total. The maximum absolute atomic E-state index is 13.3. The Morgan fingerprint density at radius 3 is 2.53 bits per heavy atom. The highest BCUT2D eigenvalue weighted by atomic mass is 16.3. The Morgan fingerprint density at radius 1 is 1.00 bits per heavy atom. The number of nitrogens with one attached hydrogen (secondary N) is 1. The van der Waals surface area contributed by atoms with Crippen molar-refractivity contribution in [3.63, 3.8) is 0 Å². The number of anilines is 1. The van der Waals surface area contributed by atoms with Gasteiger partial charge in [0.05, 0.1) is 6.10 Å². The molecule has 1 atom stereocenters. The Morgan fingerprint density at radius 2 is 1.75 bits per heavy atom. The molecule has 0 spiro atoms. The van der Waals surface area contributed by atoms with Gasteiger partial charge in [0.2, 0.25) is 5.91 Å². The molecule has 3 aliphatic rings. The summed E-state index contributed by atoms with van der Waals surface area (Å²) in [5.74, 6) is 0.139. The van der Waals surface area contributed by atoms with Gasteiger partial charge in [0.15, 0.2) is 0 Å². The van der Waals surface area contributed by atoms with Gasteiger partial charge in [-0.1, -0.05) is 29.8 Å². The van der Waals surface area contributed by atoms with E-state index in [0.717, 1.165) is 68.7 Å². The van der Waals surface area contributed by atoms with Crippen molar-refractivity contribution in [1.29, 1.82) is 0 Å². The first-order valence-electron chi connectivity index (χ1n) is 13.3. The highest BCUT2D eigenvalue weighted by Gasteiger charge is 2.28. The van der Waals surface area contributed by atoms with Crippen LogP contribution in [0, 0.1) is 6.92 Å². The molecule has 2 amide bonds. The van der Waals surface area contributed by atoms with Gasteiger partial charge >= 0.3 is 0 Å². The fraction of sp³-hybridized carbons (Fsp3) is 0.517. The number of amides is 2. The number of aryl methyl sites for hydroxylation is 1. The lowest BCUT2D eigenvalue weighted by molar-refractivity contribution is -0.129. The third-order valence-electron chi connectivity index (χ3n) is 7.94. The number of rotatable bonds is 6. The monoisotopic (exact) mass is 490 g/mol. The molecule has 2 N–H and O–H groups in total. The Hall–Kier alpha value is -2.90. The number of benzene rings is 2. The predicted molar refractivity (Wildman–Crippen MR) is 141 cm³/mol. The quantitative estimate of drug-likeness (QED) is 0.651. The van der Waals surface area contributed by atoms with Crippen LogP contribution in [0.1, 0.15) is 52.4 Å². The molecule has 0 unspecified atom stereocenters. The van der Waals surface area contributed by atoms with Crippen LogP contribution in [0.25, 0.3) is 0 Å². The molecule has 1 saturated heterocycles. The van der Waals surface area contributed by atoms with E-state index in [1.807, 2.05) is 15.9 Å². The fourth-order valence-electron chi connectivity index (χ4n) is 5.87. The number of β-amino-alcohol motifs (C(OH)–C–C–N with tert-alkyl or cyclic N) is 1. The van der Waals surface area contributed by atoms with Crippen LogP contribution in [-0.4, -0.2) is 83.0 Å². The van der Waals surface area contributed by atoms with Gasteiger partial charge < -0.3 is 20.2 Å². The van der Waals surface area contributed by atoms with Crippen LogP contribution >= 0.6 is 0 Å². The van der Waals surface area contributed by atoms with Crippen LogP contribution in [0.4, 0.5) is 5.69 Å². The molecule has 3 aliphatic heterocycles. The van der Waals surface area contributed by atoms with Crippen LogP contribution in [0.15, 0.2) is 36.4 Å². The van der Waals surface area contributed by atoms with Crippen molar-refractivity contribution in [3.8, 4) is 0 Å². The van der Waals surface area contributed by atoms with Crippen LogP contribution in [-0.2, 0) is 24.2 Å². The Balaban J connectivity index is 1.16. The smallest absolute Gasteiger partial charge is 0.254 e. The van der Waals surface area contributed by atoms with E-state index in [-0.39, 0.29) is 11.8 Å². The largest absolute Gasteiger partial charge is 0.390 e. The zero-order valence-corrected chi connectivity index (χ0v) is 21.5. The van der Waals surface area contributed by atoms with E-state index >= 15 is 0 Å². The molecule has 3 heterocycles. The number of aliphatic hydroxyl groups is 1. The lowest BCUT2D eigenvalue weighted by atomic mass is 9.96. The topological polar surface area (TPSA) is 76.1 Å². The maximum atomic E-state index is 13.3. The SMILES string of the molecule is CC(=O)N1CCC(Nc2ccc3c(c2)C(=O)N(C[C@H](O)CN2CCc4cc(C)ccc4C2)CC3)CC1. The summed E-state index contributed by atoms with van der Waals surface area (Å²) < 4.78 is 0. The molecular formula is C29H38N4O3. The minimum atomic E-state index is -0.574. The van der Waals surface area contributed by atoms with Crippen LogP contribution in [0.2, 0.25) is 0 Å². The Labute approximate surface area is 214 Å². The lowest BCUT2D eigenvalue weighted by Crippen LogP contribution is -2.46. The first kappa shape index (κ1) is 24.8. The van der Waals surface area contributed by atoms with Crippen molar-refractivity contribution in [2.24, 2.45) is 0 Å². The minimum absolute atomic E-state index is 0.00446. The highest BCUT2D eigenvalue weighted by Crippen LogP contribution is 2.25. The van der Waals surface area contributed by atoms with Gasteiger partial charge in [-0.3, -0.25) is 14.5 Å². The molecule has 2 aromatic carbocycles. The van der Waals surface area contributed by atoms with Crippen molar-refractivity contribution in [1.82, 2.24) is 14.7 Å². The number of nitrogens with zero attached hydrogens (tertiary/aromatic N) is 3. The van der Waals surface area contributed by atoms with Crippen LogP contribution in [0.3, 0.4) is 0 Å². The van der Waals surface area contributed by atoms with E-state index in [4.69, 9.17) is 0 Å². The number of likely N-dealkylation sites (tertiary alicyclic amines) is 1. The van der Waals surface area contributed by atoms with E-state index in [0.29, 0.717) is 25.7 Å². The van der Waals surface area contributed by atoms with E-state index in [1.54, 1.807) is 6.92 Å². The first-order valence-corrected chi connectivity index (χ1v) is 13.3. The van der Waals surface area contributed by atoms with Crippen molar-refractivity contribution in [2.45, 2.75) is 58.2 Å². The average Bonchev–Trinajstić information content (AvgIpc) is 2.86. The van der Waals surface area contributed by atoms with E-state index in [9.17, 15) is 14.7 Å². The molecule has 0 saturated carbocycles. The molecule has 192 valence electrons. The second-order valence-electron chi connectivity index (χ2n) is 10.7. The average molecular weight is 491 g/mol. The summed E-state index contributed by atoms with van der Waals surface area (Å²) in [7, 11) is 0. The summed E-state index contributed by atoms with van der Waals surface area (Å²) >= 11 is 0. The third kappa shape index (κ3) is 5.57. The molecule has 1 fully saturated rings. The van der Waals surface area contributed by atoms with Crippen molar-refractivity contribution >= 4 is 17.5 Å². The Kier molecular flexibility index (Phi) is 7.30. The molecule has 5 rings (SSSR count). The van der Waals surface area contributed by atoms with Crippen molar-refractivity contribution in [3.05, 3.63) is 64.2 Å². The van der Waals surface area contributed by atoms with E-state index < -0.39 is 6.10 Å². The molecule has 2 aromatic rings. The number of hydrogen-bond acceptors (Lipinski definition) is 5. The van der Waals surface area contributed by atoms with E-state index in [2.05, 4.69) is 47.5 Å². The molecule has 0 aliphatic carbocycles. The number of hydrogen-bond donors (Lipinski definition) is 2. The van der Waals surface area contributed by atoms with Gasteiger partial charge in [-0.25, -0.2) is 0 Å². The second-order valence-corrected chi connectivity index (χ2v) is 10.7. The summed E-state index contributed by atoms with van der Waals surface area (Å²) in [6, 6.07) is 13.0. The van der Waals surface area contributed by atoms with Crippen molar-refractivity contribution in [2.75, 3.05) is 44.6 Å². The number of aliphatic hydroxyl groups excluding tert-OH is 1. The fourth-order valence-corrected chi connectivity index (χ4v) is 5.87. The molecule has 0 aromatic heterocycles. The van der Waals surface area contributed by atoms with Gasteiger partial charge in [0.1, 0.15) is 0 Å². The van der Waals surface area contributed by atoms with Gasteiger partial charge in [0.25, 0.3) is 5.91 Å². The minimum Gasteiger partial charge on any atom is -0.390 e. The number of carbonyl (C=O) groups excluding carboxylic acids is 2. The standard InChI is InChI=1S/C29H38N4O3/c1-20-3-4-24-17-31(11-7-23(24)15-20)18-27(35)19-33-12-8-22-5-6-26(16-28(22)29(33)36)30-25-9-13-32(14-10-25)21(2)34/h3-6,15-16,25,27,30,35H,7-14,17-19H2,1-2H3/t27-/m1/s1. The highest BCUT2D eigenvalue weighted by molar-refractivity contribution is 5.97. The second kappa shape index (κ2) is 10.6. The van der Waals surface area contributed by atoms with Gasteiger partial charge in [-0.05, 0) is 61.4 Å². The predicted octanol–water partition coefficient (Wildman–Crippen LogP) is 2.84. The molecule has 0 bridgehead atoms. The van der Waals surface area contributed by atoms with E-state index in [1.165, 1.54) is 16.7 Å². The summed E-state index contributed by atoms with van der Waals surface area (Å²) in [6.45, 7) is 8.65. The summed E-state index contributed by atoms with van der Waals surface area (Å²) in [4.78, 5) is 30.9. The first-order chi connectivity index (χ1) is 17.4.